The number of pyridine rings is 1. The van der Waals surface area contributed by atoms with Crippen LogP contribution in [-0.2, 0) is 13.0 Å². The Labute approximate surface area is 166 Å². The molecule has 0 bridgehead atoms. The van der Waals surface area contributed by atoms with Gasteiger partial charge in [-0.15, -0.1) is 0 Å². The van der Waals surface area contributed by atoms with Crippen LogP contribution in [0.4, 0.5) is 0 Å². The number of benzene rings is 1. The van der Waals surface area contributed by atoms with Gasteiger partial charge in [0.1, 0.15) is 18.1 Å². The van der Waals surface area contributed by atoms with Crippen molar-refractivity contribution in [2.75, 3.05) is 0 Å². The molecule has 0 radical (unpaired) electrons. The van der Waals surface area contributed by atoms with E-state index in [-0.39, 0.29) is 0 Å². The van der Waals surface area contributed by atoms with Gasteiger partial charge in [-0.2, -0.15) is 0 Å². The van der Waals surface area contributed by atoms with Gasteiger partial charge in [-0.05, 0) is 74.1 Å². The summed E-state index contributed by atoms with van der Waals surface area (Å²) >= 11 is 0. The van der Waals surface area contributed by atoms with Gasteiger partial charge < -0.3 is 14.6 Å². The minimum absolute atomic E-state index is 0.325. The molecule has 0 fully saturated rings. The first-order chi connectivity index (χ1) is 13.6. The number of rotatable bonds is 9. The van der Waals surface area contributed by atoms with Gasteiger partial charge in [-0.3, -0.25) is 4.98 Å². The van der Waals surface area contributed by atoms with E-state index in [1.165, 1.54) is 0 Å². The second-order valence-corrected chi connectivity index (χ2v) is 7.02. The lowest BCUT2D eigenvalue weighted by molar-refractivity contribution is 0.306. The van der Waals surface area contributed by atoms with E-state index in [4.69, 9.17) is 14.6 Å². The zero-order chi connectivity index (χ0) is 19.9. The third kappa shape index (κ3) is 5.06. The van der Waals surface area contributed by atoms with Crippen LogP contribution in [0, 0.1) is 18.3 Å². The summed E-state index contributed by atoms with van der Waals surface area (Å²) in [7, 11) is 0. The van der Waals surface area contributed by atoms with Crippen LogP contribution < -0.4 is 4.74 Å². The normalized spacial score (nSPS) is 12.0. The molecule has 0 saturated heterocycles. The molecule has 3 rings (SSSR count). The quantitative estimate of drug-likeness (QED) is 0.491. The average Bonchev–Trinajstić information content (AvgIpc) is 3.11. The lowest BCUT2D eigenvalue weighted by Crippen LogP contribution is -2.10. The summed E-state index contributed by atoms with van der Waals surface area (Å²) in [5.41, 5.74) is 3.71. The fraction of sp³-hybridized carbons (Fsp3) is 0.348. The van der Waals surface area contributed by atoms with Crippen LogP contribution in [-0.4, -0.2) is 15.7 Å². The first-order valence-electron chi connectivity index (χ1n) is 9.72. The molecule has 2 heterocycles. The summed E-state index contributed by atoms with van der Waals surface area (Å²) < 4.78 is 11.7. The van der Waals surface area contributed by atoms with Crippen molar-refractivity contribution in [1.82, 2.24) is 9.97 Å². The maximum Gasteiger partial charge on any atom is 0.226 e. The summed E-state index contributed by atoms with van der Waals surface area (Å²) in [6.45, 7) is 6.65. The molecule has 146 valence electrons. The molecule has 0 unspecified atom stereocenters. The molecule has 0 aliphatic rings. The second-order valence-electron chi connectivity index (χ2n) is 7.02. The predicted molar refractivity (Wildman–Crippen MR) is 111 cm³/mol. The molecule has 1 aromatic carbocycles. The van der Waals surface area contributed by atoms with E-state index in [9.17, 15) is 0 Å². The molecule has 2 aromatic heterocycles. The number of hydrogen-bond acceptors (Lipinski definition) is 5. The number of nitrogens with zero attached hydrogens (tertiary/aromatic N) is 2. The first kappa shape index (κ1) is 19.8. The SMILES string of the molecule is CC[C@@H](C)C(=N)CCc1nc(-c2ccc(OCc3ccncc3)cc2)oc1C. The van der Waals surface area contributed by atoms with Gasteiger partial charge in [0.15, 0.2) is 0 Å². The highest BCUT2D eigenvalue weighted by Gasteiger charge is 2.14. The Kier molecular flexibility index (Phi) is 6.58. The Morgan fingerprint density at radius 2 is 1.86 bits per heavy atom. The number of ether oxygens (including phenoxy) is 1. The van der Waals surface area contributed by atoms with Gasteiger partial charge in [-0.25, -0.2) is 4.98 Å². The smallest absolute Gasteiger partial charge is 0.226 e. The van der Waals surface area contributed by atoms with E-state index in [1.54, 1.807) is 12.4 Å². The molecule has 28 heavy (non-hydrogen) atoms. The van der Waals surface area contributed by atoms with Crippen LogP contribution in [0.15, 0.2) is 53.2 Å². The third-order valence-electron chi connectivity index (χ3n) is 4.99. The van der Waals surface area contributed by atoms with E-state index < -0.39 is 0 Å². The molecule has 0 spiro atoms. The molecule has 0 aliphatic heterocycles. The van der Waals surface area contributed by atoms with Gasteiger partial charge in [0.25, 0.3) is 0 Å². The van der Waals surface area contributed by atoms with Gasteiger partial charge in [0.05, 0.1) is 5.69 Å². The summed E-state index contributed by atoms with van der Waals surface area (Å²) in [5, 5.41) is 8.13. The number of nitrogens with one attached hydrogen (secondary N) is 1. The van der Waals surface area contributed by atoms with E-state index in [0.29, 0.717) is 18.4 Å². The summed E-state index contributed by atoms with van der Waals surface area (Å²) in [4.78, 5) is 8.65. The van der Waals surface area contributed by atoms with Crippen LogP contribution >= 0.6 is 0 Å². The minimum Gasteiger partial charge on any atom is -0.489 e. The predicted octanol–water partition coefficient (Wildman–Crippen LogP) is 5.62. The summed E-state index contributed by atoms with van der Waals surface area (Å²) in [6.07, 6.45) is 5.98. The summed E-state index contributed by atoms with van der Waals surface area (Å²) in [6, 6.07) is 11.6. The van der Waals surface area contributed by atoms with Crippen molar-refractivity contribution in [2.45, 2.75) is 46.6 Å². The van der Waals surface area contributed by atoms with Gasteiger partial charge in [0.2, 0.25) is 5.89 Å². The van der Waals surface area contributed by atoms with Crippen molar-refractivity contribution >= 4 is 5.71 Å². The average molecular weight is 377 g/mol. The van der Waals surface area contributed by atoms with Crippen LogP contribution in [0.25, 0.3) is 11.5 Å². The number of oxazole rings is 1. The van der Waals surface area contributed by atoms with E-state index in [0.717, 1.165) is 53.3 Å². The molecule has 1 atom stereocenters. The van der Waals surface area contributed by atoms with E-state index in [1.807, 2.05) is 43.3 Å². The Morgan fingerprint density at radius 3 is 2.54 bits per heavy atom. The molecule has 3 aromatic rings. The standard InChI is InChI=1S/C23H27N3O2/c1-4-16(2)21(24)9-10-22-17(3)28-23(26-22)19-5-7-20(8-6-19)27-15-18-11-13-25-14-12-18/h5-8,11-14,16,24H,4,9-10,15H2,1-3H3/t16-/m1/s1. The fourth-order valence-corrected chi connectivity index (χ4v) is 2.87. The Bertz CT molecular complexity index is 901. The Balaban J connectivity index is 1.61. The Morgan fingerprint density at radius 1 is 1.14 bits per heavy atom. The van der Waals surface area contributed by atoms with Crippen molar-refractivity contribution in [1.29, 1.82) is 5.41 Å². The zero-order valence-corrected chi connectivity index (χ0v) is 16.7. The van der Waals surface area contributed by atoms with Crippen LogP contribution in [0.1, 0.15) is 43.7 Å². The van der Waals surface area contributed by atoms with E-state index >= 15 is 0 Å². The highest BCUT2D eigenvalue weighted by Crippen LogP contribution is 2.25. The molecule has 0 aliphatic carbocycles. The maximum atomic E-state index is 8.13. The lowest BCUT2D eigenvalue weighted by Gasteiger charge is -2.09. The highest BCUT2D eigenvalue weighted by molar-refractivity contribution is 5.83. The monoisotopic (exact) mass is 377 g/mol. The van der Waals surface area contributed by atoms with Crippen LogP contribution in [0.5, 0.6) is 5.75 Å². The number of aryl methyl sites for hydroxylation is 2. The first-order valence-corrected chi connectivity index (χ1v) is 9.72. The fourth-order valence-electron chi connectivity index (χ4n) is 2.87. The number of aromatic nitrogens is 2. The second kappa shape index (κ2) is 9.31. The molecule has 5 nitrogen and oxygen atoms in total. The van der Waals surface area contributed by atoms with Gasteiger partial charge in [0, 0.05) is 23.7 Å². The third-order valence-corrected chi connectivity index (χ3v) is 4.99. The van der Waals surface area contributed by atoms with Crippen molar-refractivity contribution in [2.24, 2.45) is 5.92 Å². The van der Waals surface area contributed by atoms with Crippen molar-refractivity contribution < 1.29 is 9.15 Å². The largest absolute Gasteiger partial charge is 0.489 e. The number of hydrogen-bond donors (Lipinski definition) is 1. The molecule has 0 saturated carbocycles. The minimum atomic E-state index is 0.325. The van der Waals surface area contributed by atoms with Crippen molar-refractivity contribution in [3.63, 3.8) is 0 Å². The molecule has 0 amide bonds. The van der Waals surface area contributed by atoms with Crippen molar-refractivity contribution in [3.8, 4) is 17.2 Å². The van der Waals surface area contributed by atoms with E-state index in [2.05, 4.69) is 23.8 Å². The molecular formula is C23H27N3O2. The van der Waals surface area contributed by atoms with Crippen LogP contribution in [0.3, 0.4) is 0 Å². The molecule has 5 heteroatoms. The summed E-state index contributed by atoms with van der Waals surface area (Å²) in [5.74, 6) is 2.56. The maximum absolute atomic E-state index is 8.13. The lowest BCUT2D eigenvalue weighted by atomic mass is 9.98. The van der Waals surface area contributed by atoms with Gasteiger partial charge >= 0.3 is 0 Å². The molecule has 1 N–H and O–H groups in total. The van der Waals surface area contributed by atoms with Gasteiger partial charge in [-0.1, -0.05) is 13.8 Å². The Hall–Kier alpha value is -2.95. The topological polar surface area (TPSA) is 72.0 Å². The highest BCUT2D eigenvalue weighted by atomic mass is 16.5. The van der Waals surface area contributed by atoms with Crippen molar-refractivity contribution in [3.05, 3.63) is 65.8 Å². The van der Waals surface area contributed by atoms with Crippen LogP contribution in [0.2, 0.25) is 0 Å². The zero-order valence-electron chi connectivity index (χ0n) is 16.7. The molecular weight excluding hydrogens is 350 g/mol.